The zero-order valence-electron chi connectivity index (χ0n) is 12.1. The van der Waals surface area contributed by atoms with Crippen LogP contribution in [0.2, 0.25) is 0 Å². The van der Waals surface area contributed by atoms with E-state index < -0.39 is 0 Å². The van der Waals surface area contributed by atoms with E-state index in [4.69, 9.17) is 0 Å². The molecule has 3 rings (SSSR count). The van der Waals surface area contributed by atoms with Gasteiger partial charge in [0.05, 0.1) is 0 Å². The van der Waals surface area contributed by atoms with Crippen LogP contribution in [0, 0.1) is 0 Å². The van der Waals surface area contributed by atoms with E-state index in [1.807, 2.05) is 23.9 Å². The summed E-state index contributed by atoms with van der Waals surface area (Å²) in [7, 11) is 2.28. The second kappa shape index (κ2) is 5.78. The molecule has 1 amide bonds. The summed E-state index contributed by atoms with van der Waals surface area (Å²) in [6, 6.07) is 9.82. The average molecular weight is 290 g/mol. The molecule has 3 atom stereocenters. The van der Waals surface area contributed by atoms with E-state index in [9.17, 15) is 4.79 Å². The molecule has 2 heterocycles. The number of nitrogens with one attached hydrogen (secondary N) is 1. The molecule has 108 valence electrons. The number of carbonyl (C=O) groups excluding carboxylic acids is 1. The number of thioether (sulfide) groups is 1. The highest BCUT2D eigenvalue weighted by Crippen LogP contribution is 2.41. The molecule has 0 radical (unpaired) electrons. The Morgan fingerprint density at radius 3 is 2.35 bits per heavy atom. The zero-order chi connectivity index (χ0) is 14.1. The smallest absolute Gasteiger partial charge is 0.221 e. The third-order valence-corrected chi connectivity index (χ3v) is 5.79. The molecule has 20 heavy (non-hydrogen) atoms. The maximum Gasteiger partial charge on any atom is 0.221 e. The minimum Gasteiger partial charge on any atom is -0.326 e. The maximum absolute atomic E-state index is 11.0. The molecule has 4 heteroatoms. The third-order valence-electron chi connectivity index (χ3n) is 4.53. The van der Waals surface area contributed by atoms with E-state index in [0.29, 0.717) is 0 Å². The Kier molecular flexibility index (Phi) is 4.03. The zero-order valence-corrected chi connectivity index (χ0v) is 13.0. The molecule has 2 aliphatic heterocycles. The summed E-state index contributed by atoms with van der Waals surface area (Å²) in [5, 5.41) is 3.56. The lowest BCUT2D eigenvalue weighted by molar-refractivity contribution is -0.114. The van der Waals surface area contributed by atoms with E-state index in [1.54, 1.807) is 0 Å². The molecule has 2 aliphatic rings. The van der Waals surface area contributed by atoms with Gasteiger partial charge in [0.15, 0.2) is 0 Å². The van der Waals surface area contributed by atoms with Gasteiger partial charge in [-0.25, -0.2) is 0 Å². The molecule has 1 aromatic rings. The predicted molar refractivity (Wildman–Crippen MR) is 84.2 cm³/mol. The SMILES string of the molecule is CC(=O)Nc1ccc(SC2C[C@H]3CC[C@@H](C2)N3C)cc1. The molecule has 1 N–H and O–H groups in total. The molecular weight excluding hydrogens is 268 g/mol. The predicted octanol–water partition coefficient (Wildman–Crippen LogP) is 3.36. The first kappa shape index (κ1) is 14.0. The van der Waals surface area contributed by atoms with Crippen molar-refractivity contribution in [2.45, 2.75) is 54.8 Å². The summed E-state index contributed by atoms with van der Waals surface area (Å²) in [6.07, 6.45) is 5.37. The van der Waals surface area contributed by atoms with Crippen molar-refractivity contribution in [2.24, 2.45) is 0 Å². The molecule has 2 fully saturated rings. The van der Waals surface area contributed by atoms with Crippen molar-refractivity contribution in [1.29, 1.82) is 0 Å². The summed E-state index contributed by atoms with van der Waals surface area (Å²) < 4.78 is 0. The van der Waals surface area contributed by atoms with Gasteiger partial charge in [-0.05, 0) is 57.0 Å². The van der Waals surface area contributed by atoms with Crippen LogP contribution in [-0.4, -0.2) is 35.2 Å². The Balaban J connectivity index is 1.60. The van der Waals surface area contributed by atoms with Gasteiger partial charge in [0.2, 0.25) is 5.91 Å². The van der Waals surface area contributed by atoms with Crippen molar-refractivity contribution in [3.63, 3.8) is 0 Å². The molecule has 0 aromatic heterocycles. The lowest BCUT2D eigenvalue weighted by Crippen LogP contribution is -2.40. The fourth-order valence-electron chi connectivity index (χ4n) is 3.47. The van der Waals surface area contributed by atoms with Crippen molar-refractivity contribution in [1.82, 2.24) is 4.90 Å². The normalized spacial score (nSPS) is 29.4. The van der Waals surface area contributed by atoms with Gasteiger partial charge in [-0.1, -0.05) is 0 Å². The molecule has 2 saturated heterocycles. The second-order valence-corrected chi connectivity index (χ2v) is 7.34. The molecule has 0 saturated carbocycles. The van der Waals surface area contributed by atoms with Crippen LogP contribution in [0.15, 0.2) is 29.2 Å². The number of rotatable bonds is 3. The molecule has 1 unspecified atom stereocenters. The number of hydrogen-bond donors (Lipinski definition) is 1. The fourth-order valence-corrected chi connectivity index (χ4v) is 4.79. The first-order valence-corrected chi connectivity index (χ1v) is 8.26. The molecular formula is C16H22N2OS. The third kappa shape index (κ3) is 3.01. The highest BCUT2D eigenvalue weighted by molar-refractivity contribution is 8.00. The Labute approximate surface area is 125 Å². The summed E-state index contributed by atoms with van der Waals surface area (Å²) in [4.78, 5) is 14.9. The summed E-state index contributed by atoms with van der Waals surface area (Å²) in [5.74, 6) is -0.0164. The quantitative estimate of drug-likeness (QED) is 0.926. The monoisotopic (exact) mass is 290 g/mol. The molecule has 0 spiro atoms. The van der Waals surface area contributed by atoms with Crippen LogP contribution in [0.4, 0.5) is 5.69 Å². The van der Waals surface area contributed by atoms with Gasteiger partial charge in [-0.15, -0.1) is 11.8 Å². The number of hydrogen-bond acceptors (Lipinski definition) is 3. The number of carbonyl (C=O) groups is 1. The number of anilines is 1. The van der Waals surface area contributed by atoms with Crippen LogP contribution in [0.25, 0.3) is 0 Å². The number of fused-ring (bicyclic) bond motifs is 2. The first-order valence-electron chi connectivity index (χ1n) is 7.38. The van der Waals surface area contributed by atoms with Crippen molar-refractivity contribution < 1.29 is 4.79 Å². The van der Waals surface area contributed by atoms with Gasteiger partial charge in [-0.3, -0.25) is 4.79 Å². The topological polar surface area (TPSA) is 32.3 Å². The molecule has 0 aliphatic carbocycles. The Morgan fingerprint density at radius 1 is 1.20 bits per heavy atom. The van der Waals surface area contributed by atoms with Gasteiger partial charge in [-0.2, -0.15) is 0 Å². The Morgan fingerprint density at radius 2 is 1.80 bits per heavy atom. The highest BCUT2D eigenvalue weighted by Gasteiger charge is 2.38. The van der Waals surface area contributed by atoms with E-state index in [0.717, 1.165) is 23.0 Å². The summed E-state index contributed by atoms with van der Waals surface area (Å²) in [5.41, 5.74) is 0.880. The summed E-state index contributed by atoms with van der Waals surface area (Å²) in [6.45, 7) is 1.54. The fraction of sp³-hybridized carbons (Fsp3) is 0.562. The van der Waals surface area contributed by atoms with Gasteiger partial charge < -0.3 is 10.2 Å². The first-order chi connectivity index (χ1) is 9.61. The van der Waals surface area contributed by atoms with E-state index >= 15 is 0 Å². The number of nitrogens with zero attached hydrogens (tertiary/aromatic N) is 1. The van der Waals surface area contributed by atoms with Gasteiger partial charge >= 0.3 is 0 Å². The summed E-state index contributed by atoms with van der Waals surface area (Å²) >= 11 is 2.00. The minimum atomic E-state index is -0.0164. The van der Waals surface area contributed by atoms with Crippen molar-refractivity contribution in [2.75, 3.05) is 12.4 Å². The largest absolute Gasteiger partial charge is 0.326 e. The van der Waals surface area contributed by atoms with Crippen LogP contribution in [-0.2, 0) is 4.79 Å². The minimum absolute atomic E-state index is 0.0164. The van der Waals surface area contributed by atoms with E-state index in [1.165, 1.54) is 37.5 Å². The van der Waals surface area contributed by atoms with Crippen LogP contribution < -0.4 is 5.32 Å². The maximum atomic E-state index is 11.0. The highest BCUT2D eigenvalue weighted by atomic mass is 32.2. The Bertz CT molecular complexity index is 474. The van der Waals surface area contributed by atoms with Crippen LogP contribution in [0.3, 0.4) is 0 Å². The van der Waals surface area contributed by atoms with Gasteiger partial charge in [0, 0.05) is 34.8 Å². The molecule has 3 nitrogen and oxygen atoms in total. The van der Waals surface area contributed by atoms with E-state index in [-0.39, 0.29) is 5.91 Å². The Hall–Kier alpha value is -1.00. The number of benzene rings is 1. The van der Waals surface area contributed by atoms with Crippen molar-refractivity contribution >= 4 is 23.4 Å². The lowest BCUT2D eigenvalue weighted by atomic mass is 10.0. The van der Waals surface area contributed by atoms with E-state index in [2.05, 4.69) is 29.4 Å². The average Bonchev–Trinajstić information content (AvgIpc) is 2.63. The van der Waals surface area contributed by atoms with Gasteiger partial charge in [0.25, 0.3) is 0 Å². The second-order valence-electron chi connectivity index (χ2n) is 5.97. The van der Waals surface area contributed by atoms with Crippen LogP contribution >= 0.6 is 11.8 Å². The lowest BCUT2D eigenvalue weighted by Gasteiger charge is -2.36. The standard InChI is InChI=1S/C16H22N2OS/c1-11(19)17-12-3-7-15(8-4-12)20-16-9-13-5-6-14(10-16)18(13)2/h3-4,7-8,13-14,16H,5-6,9-10H2,1-2H3,(H,17,19)/t13-,14+,16?. The molecule has 1 aromatic carbocycles. The number of amides is 1. The van der Waals surface area contributed by atoms with Crippen LogP contribution in [0.5, 0.6) is 0 Å². The van der Waals surface area contributed by atoms with Crippen molar-refractivity contribution in [3.05, 3.63) is 24.3 Å². The van der Waals surface area contributed by atoms with Crippen molar-refractivity contribution in [3.8, 4) is 0 Å². The van der Waals surface area contributed by atoms with Gasteiger partial charge in [0.1, 0.15) is 0 Å². The number of piperidine rings is 1. The molecule has 2 bridgehead atoms. The van der Waals surface area contributed by atoms with Crippen LogP contribution in [0.1, 0.15) is 32.6 Å².